The number of aromatic nitrogens is 5. The van der Waals surface area contributed by atoms with Crippen molar-refractivity contribution in [2.45, 2.75) is 20.8 Å². The minimum atomic E-state index is -0.566. The van der Waals surface area contributed by atoms with E-state index in [0.29, 0.717) is 16.8 Å². The Morgan fingerprint density at radius 1 is 0.935 bits per heavy atom. The molecule has 2 aromatic carbocycles. The summed E-state index contributed by atoms with van der Waals surface area (Å²) in [7, 11) is 0. The van der Waals surface area contributed by atoms with Crippen molar-refractivity contribution in [3.05, 3.63) is 89.0 Å². The molecule has 0 unspecified atom stereocenters. The fraction of sp³-hybridized carbons (Fsp3) is 0.174. The Balaban J connectivity index is 1.44. The summed E-state index contributed by atoms with van der Waals surface area (Å²) in [5, 5.41) is 10.9. The molecule has 0 saturated heterocycles. The van der Waals surface area contributed by atoms with E-state index in [2.05, 4.69) is 15.5 Å². The molecule has 156 valence electrons. The van der Waals surface area contributed by atoms with Gasteiger partial charge in [0.05, 0.1) is 11.3 Å². The number of carbonyl (C=O) groups excluding carboxylic acids is 2. The van der Waals surface area contributed by atoms with Gasteiger partial charge in [-0.2, -0.15) is 0 Å². The third-order valence-electron chi connectivity index (χ3n) is 5.07. The average Bonchev–Trinajstić information content (AvgIpc) is 3.41. The second kappa shape index (κ2) is 8.35. The average molecular weight is 415 g/mol. The Bertz CT molecular complexity index is 1220. The van der Waals surface area contributed by atoms with Crippen LogP contribution in [0.15, 0.2) is 60.9 Å². The SMILES string of the molecule is Cc1ccc(-n2c(C)cc(C(=O)COC(=O)c3ccc(-n4cnnn4)cc3)c2C)cc1. The Morgan fingerprint density at radius 3 is 2.26 bits per heavy atom. The predicted octanol–water partition coefficient (Wildman–Crippen LogP) is 3.42. The van der Waals surface area contributed by atoms with Crippen LogP contribution in [0.25, 0.3) is 11.4 Å². The smallest absolute Gasteiger partial charge is 0.338 e. The Labute approximate surface area is 179 Å². The van der Waals surface area contributed by atoms with Crippen LogP contribution in [0.1, 0.15) is 37.7 Å². The standard InChI is InChI=1S/C23H21N5O3/c1-15-4-8-20(9-5-15)28-16(2)12-21(17(28)3)22(29)13-31-23(30)18-6-10-19(11-7-18)27-14-24-25-26-27/h4-12,14H,13H2,1-3H3. The van der Waals surface area contributed by atoms with Gasteiger partial charge in [0.25, 0.3) is 0 Å². The van der Waals surface area contributed by atoms with Crippen molar-refractivity contribution in [2.75, 3.05) is 6.61 Å². The van der Waals surface area contributed by atoms with E-state index >= 15 is 0 Å². The van der Waals surface area contributed by atoms with Crippen LogP contribution in [0.4, 0.5) is 0 Å². The second-order valence-corrected chi connectivity index (χ2v) is 7.26. The Morgan fingerprint density at radius 2 is 1.61 bits per heavy atom. The number of esters is 1. The number of ether oxygens (including phenoxy) is 1. The lowest BCUT2D eigenvalue weighted by Gasteiger charge is -2.10. The Kier molecular flexibility index (Phi) is 5.44. The molecule has 4 rings (SSSR count). The summed E-state index contributed by atoms with van der Waals surface area (Å²) in [5.41, 5.74) is 5.50. The first-order valence-electron chi connectivity index (χ1n) is 9.74. The zero-order valence-corrected chi connectivity index (χ0v) is 17.4. The molecule has 31 heavy (non-hydrogen) atoms. The van der Waals surface area contributed by atoms with Crippen LogP contribution in [0.5, 0.6) is 0 Å². The number of Topliss-reactive ketones (excluding diaryl/α,β-unsaturated/α-hetero) is 1. The van der Waals surface area contributed by atoms with E-state index in [9.17, 15) is 9.59 Å². The molecule has 0 saturated carbocycles. The molecule has 0 atom stereocenters. The molecule has 0 N–H and O–H groups in total. The van der Waals surface area contributed by atoms with Crippen molar-refractivity contribution in [1.82, 2.24) is 24.8 Å². The first-order chi connectivity index (χ1) is 14.9. The first kappa shape index (κ1) is 20.2. The van der Waals surface area contributed by atoms with Crippen molar-refractivity contribution >= 4 is 11.8 Å². The van der Waals surface area contributed by atoms with Crippen LogP contribution in [0, 0.1) is 20.8 Å². The summed E-state index contributed by atoms with van der Waals surface area (Å²) in [5.74, 6) is -0.811. The number of nitrogens with zero attached hydrogens (tertiary/aromatic N) is 5. The van der Waals surface area contributed by atoms with E-state index in [-0.39, 0.29) is 12.4 Å². The summed E-state index contributed by atoms with van der Waals surface area (Å²) in [4.78, 5) is 25.1. The second-order valence-electron chi connectivity index (χ2n) is 7.26. The van der Waals surface area contributed by atoms with Crippen LogP contribution < -0.4 is 0 Å². The maximum Gasteiger partial charge on any atom is 0.338 e. The highest BCUT2D eigenvalue weighted by molar-refractivity contribution is 6.00. The van der Waals surface area contributed by atoms with Gasteiger partial charge in [-0.1, -0.05) is 17.7 Å². The lowest BCUT2D eigenvalue weighted by Crippen LogP contribution is -2.15. The van der Waals surface area contributed by atoms with E-state index in [1.54, 1.807) is 24.3 Å². The van der Waals surface area contributed by atoms with Gasteiger partial charge in [-0.15, -0.1) is 5.10 Å². The monoisotopic (exact) mass is 415 g/mol. The number of carbonyl (C=O) groups is 2. The highest BCUT2D eigenvalue weighted by Crippen LogP contribution is 2.22. The predicted molar refractivity (Wildman–Crippen MR) is 114 cm³/mol. The quantitative estimate of drug-likeness (QED) is 0.354. The largest absolute Gasteiger partial charge is 0.454 e. The number of hydrogen-bond acceptors (Lipinski definition) is 6. The fourth-order valence-electron chi connectivity index (χ4n) is 3.46. The van der Waals surface area contributed by atoms with Gasteiger partial charge in [-0.25, -0.2) is 9.48 Å². The lowest BCUT2D eigenvalue weighted by atomic mass is 10.1. The zero-order chi connectivity index (χ0) is 22.0. The van der Waals surface area contributed by atoms with E-state index in [0.717, 1.165) is 17.1 Å². The molecule has 4 aromatic rings. The normalized spacial score (nSPS) is 10.8. The molecule has 0 aliphatic rings. The van der Waals surface area contributed by atoms with Crippen molar-refractivity contribution < 1.29 is 14.3 Å². The molecule has 0 aliphatic carbocycles. The van der Waals surface area contributed by atoms with Crippen LogP contribution in [0.2, 0.25) is 0 Å². The number of rotatable bonds is 6. The van der Waals surface area contributed by atoms with Gasteiger partial charge in [-0.05, 0) is 73.7 Å². The number of hydrogen-bond donors (Lipinski definition) is 0. The summed E-state index contributed by atoms with van der Waals surface area (Å²) in [6.45, 7) is 5.54. The molecule has 0 bridgehead atoms. The molecule has 0 spiro atoms. The maximum atomic E-state index is 12.7. The minimum absolute atomic E-state index is 0.245. The molecule has 2 heterocycles. The van der Waals surface area contributed by atoms with Crippen molar-refractivity contribution in [3.8, 4) is 11.4 Å². The molecular weight excluding hydrogens is 394 g/mol. The number of aryl methyl sites for hydroxylation is 2. The molecule has 2 aromatic heterocycles. The van der Waals surface area contributed by atoms with Gasteiger partial charge >= 0.3 is 5.97 Å². The van der Waals surface area contributed by atoms with Gasteiger partial charge < -0.3 is 9.30 Å². The molecular formula is C23H21N5O3. The van der Waals surface area contributed by atoms with Gasteiger partial charge in [0.2, 0.25) is 5.78 Å². The van der Waals surface area contributed by atoms with Crippen molar-refractivity contribution in [2.24, 2.45) is 0 Å². The van der Waals surface area contributed by atoms with Crippen molar-refractivity contribution in [3.63, 3.8) is 0 Å². The summed E-state index contributed by atoms with van der Waals surface area (Å²) in [6.07, 6.45) is 1.46. The van der Waals surface area contributed by atoms with Gasteiger partial charge in [-0.3, -0.25) is 4.79 Å². The fourth-order valence-corrected chi connectivity index (χ4v) is 3.46. The molecule has 8 heteroatoms. The summed E-state index contributed by atoms with van der Waals surface area (Å²) in [6, 6.07) is 16.5. The Hall–Kier alpha value is -4.07. The summed E-state index contributed by atoms with van der Waals surface area (Å²) >= 11 is 0. The van der Waals surface area contributed by atoms with Gasteiger partial charge in [0.1, 0.15) is 6.33 Å². The lowest BCUT2D eigenvalue weighted by molar-refractivity contribution is 0.0474. The van der Waals surface area contributed by atoms with Crippen LogP contribution >= 0.6 is 0 Å². The highest BCUT2D eigenvalue weighted by atomic mass is 16.5. The number of benzene rings is 2. The first-order valence-corrected chi connectivity index (χ1v) is 9.74. The third kappa shape index (κ3) is 4.13. The molecule has 0 fully saturated rings. The van der Waals surface area contributed by atoms with E-state index in [1.165, 1.54) is 16.6 Å². The van der Waals surface area contributed by atoms with E-state index < -0.39 is 5.97 Å². The van der Waals surface area contributed by atoms with Gasteiger partial charge in [0.15, 0.2) is 6.61 Å². The number of ketones is 1. The van der Waals surface area contributed by atoms with E-state index in [1.807, 2.05) is 55.7 Å². The van der Waals surface area contributed by atoms with Crippen LogP contribution in [-0.2, 0) is 4.74 Å². The maximum absolute atomic E-state index is 12.7. The molecule has 0 amide bonds. The topological polar surface area (TPSA) is 91.9 Å². The molecule has 0 aliphatic heterocycles. The van der Waals surface area contributed by atoms with E-state index in [4.69, 9.17) is 4.74 Å². The van der Waals surface area contributed by atoms with Crippen LogP contribution in [-0.4, -0.2) is 43.1 Å². The zero-order valence-electron chi connectivity index (χ0n) is 17.4. The number of tetrazole rings is 1. The highest BCUT2D eigenvalue weighted by Gasteiger charge is 2.18. The van der Waals surface area contributed by atoms with Gasteiger partial charge in [0, 0.05) is 22.6 Å². The van der Waals surface area contributed by atoms with Crippen LogP contribution in [0.3, 0.4) is 0 Å². The third-order valence-corrected chi connectivity index (χ3v) is 5.07. The molecule has 8 nitrogen and oxygen atoms in total. The summed E-state index contributed by atoms with van der Waals surface area (Å²) < 4.78 is 8.75. The minimum Gasteiger partial charge on any atom is -0.454 e. The van der Waals surface area contributed by atoms with Crippen molar-refractivity contribution in [1.29, 1.82) is 0 Å². The molecule has 0 radical (unpaired) electrons.